The first kappa shape index (κ1) is 12.6. The van der Waals surface area contributed by atoms with E-state index in [1.807, 2.05) is 17.7 Å². The zero-order chi connectivity index (χ0) is 11.3. The van der Waals surface area contributed by atoms with Gasteiger partial charge in [-0.05, 0) is 24.7 Å². The second-order valence-electron chi connectivity index (χ2n) is 4.02. The van der Waals surface area contributed by atoms with E-state index in [2.05, 4.69) is 18.9 Å². The summed E-state index contributed by atoms with van der Waals surface area (Å²) in [5.41, 5.74) is 0.925. The van der Waals surface area contributed by atoms with E-state index in [-0.39, 0.29) is 0 Å². The summed E-state index contributed by atoms with van der Waals surface area (Å²) in [6, 6.07) is 1.89. The van der Waals surface area contributed by atoms with Gasteiger partial charge in [-0.2, -0.15) is 16.9 Å². The SMILES string of the molecule is CCn1nccc1C(O)CSCC(C)C. The third-order valence-electron chi connectivity index (χ3n) is 2.12. The lowest BCUT2D eigenvalue weighted by Crippen LogP contribution is -2.10. The first-order valence-electron chi connectivity index (χ1n) is 5.42. The molecule has 1 atom stereocenters. The van der Waals surface area contributed by atoms with Crippen LogP contribution >= 0.6 is 11.8 Å². The molecule has 0 aromatic carbocycles. The Bertz CT molecular complexity index is 286. The number of aliphatic hydroxyl groups excluding tert-OH is 1. The average molecular weight is 228 g/mol. The fraction of sp³-hybridized carbons (Fsp3) is 0.727. The lowest BCUT2D eigenvalue weighted by Gasteiger charge is -2.12. The summed E-state index contributed by atoms with van der Waals surface area (Å²) < 4.78 is 1.85. The first-order chi connectivity index (χ1) is 7.15. The Morgan fingerprint density at radius 2 is 2.20 bits per heavy atom. The van der Waals surface area contributed by atoms with Crippen molar-refractivity contribution < 1.29 is 5.11 Å². The van der Waals surface area contributed by atoms with Crippen LogP contribution in [-0.2, 0) is 6.54 Å². The fourth-order valence-corrected chi connectivity index (χ4v) is 2.39. The summed E-state index contributed by atoms with van der Waals surface area (Å²) in [6.45, 7) is 7.23. The van der Waals surface area contributed by atoms with Gasteiger partial charge in [0.15, 0.2) is 0 Å². The maximum atomic E-state index is 9.95. The molecule has 1 rings (SSSR count). The molecule has 0 aliphatic rings. The lowest BCUT2D eigenvalue weighted by molar-refractivity contribution is 0.192. The van der Waals surface area contributed by atoms with Crippen molar-refractivity contribution in [3.8, 4) is 0 Å². The smallest absolute Gasteiger partial charge is 0.105 e. The minimum Gasteiger partial charge on any atom is -0.386 e. The molecule has 3 nitrogen and oxygen atoms in total. The van der Waals surface area contributed by atoms with Crippen LogP contribution in [-0.4, -0.2) is 26.4 Å². The van der Waals surface area contributed by atoms with Gasteiger partial charge in [-0.3, -0.25) is 4.68 Å². The summed E-state index contributed by atoms with van der Waals surface area (Å²) in [4.78, 5) is 0. The van der Waals surface area contributed by atoms with Crippen molar-refractivity contribution in [2.75, 3.05) is 11.5 Å². The predicted molar refractivity (Wildman–Crippen MR) is 65.0 cm³/mol. The number of nitrogens with zero attached hydrogens (tertiary/aromatic N) is 2. The second kappa shape index (κ2) is 6.18. The third kappa shape index (κ3) is 3.87. The van der Waals surface area contributed by atoms with E-state index < -0.39 is 6.10 Å². The molecule has 1 heterocycles. The first-order valence-corrected chi connectivity index (χ1v) is 6.58. The maximum Gasteiger partial charge on any atom is 0.105 e. The van der Waals surface area contributed by atoms with Gasteiger partial charge in [0.2, 0.25) is 0 Å². The van der Waals surface area contributed by atoms with Crippen molar-refractivity contribution >= 4 is 11.8 Å². The standard InChI is InChI=1S/C11H20N2OS/c1-4-13-10(5-6-12-13)11(14)8-15-7-9(2)3/h5-6,9,11,14H,4,7-8H2,1-3H3. The van der Waals surface area contributed by atoms with E-state index in [0.29, 0.717) is 5.92 Å². The van der Waals surface area contributed by atoms with Crippen molar-refractivity contribution in [1.29, 1.82) is 0 Å². The van der Waals surface area contributed by atoms with Crippen LogP contribution < -0.4 is 0 Å². The largest absolute Gasteiger partial charge is 0.386 e. The Balaban J connectivity index is 2.43. The van der Waals surface area contributed by atoms with Crippen molar-refractivity contribution in [3.63, 3.8) is 0 Å². The Labute approximate surface area is 95.9 Å². The normalized spacial score (nSPS) is 13.4. The molecule has 1 aromatic heterocycles. The molecule has 0 fully saturated rings. The highest BCUT2D eigenvalue weighted by Gasteiger charge is 2.12. The van der Waals surface area contributed by atoms with Gasteiger partial charge in [-0.25, -0.2) is 0 Å². The monoisotopic (exact) mass is 228 g/mol. The molecule has 15 heavy (non-hydrogen) atoms. The summed E-state index contributed by atoms with van der Waals surface area (Å²) in [5.74, 6) is 2.53. The Morgan fingerprint density at radius 3 is 2.80 bits per heavy atom. The zero-order valence-corrected chi connectivity index (χ0v) is 10.5. The van der Waals surface area contributed by atoms with Crippen LogP contribution in [0.1, 0.15) is 32.6 Å². The molecule has 1 N–H and O–H groups in total. The number of rotatable bonds is 6. The van der Waals surface area contributed by atoms with Crippen molar-refractivity contribution in [2.45, 2.75) is 33.4 Å². The van der Waals surface area contributed by atoms with Crippen LogP contribution in [0.2, 0.25) is 0 Å². The van der Waals surface area contributed by atoms with Crippen LogP contribution in [0.25, 0.3) is 0 Å². The van der Waals surface area contributed by atoms with E-state index in [9.17, 15) is 5.11 Å². The van der Waals surface area contributed by atoms with Crippen LogP contribution in [0.3, 0.4) is 0 Å². The van der Waals surface area contributed by atoms with Gasteiger partial charge in [0.05, 0.1) is 5.69 Å². The quantitative estimate of drug-likeness (QED) is 0.812. The Morgan fingerprint density at radius 1 is 1.47 bits per heavy atom. The molecule has 4 heteroatoms. The van der Waals surface area contributed by atoms with Gasteiger partial charge in [-0.15, -0.1) is 0 Å². The zero-order valence-electron chi connectivity index (χ0n) is 9.68. The highest BCUT2D eigenvalue weighted by Crippen LogP contribution is 2.19. The van der Waals surface area contributed by atoms with Crippen molar-refractivity contribution in [1.82, 2.24) is 9.78 Å². The topological polar surface area (TPSA) is 38.0 Å². The summed E-state index contributed by atoms with van der Waals surface area (Å²) in [7, 11) is 0. The number of hydrogen-bond acceptors (Lipinski definition) is 3. The van der Waals surface area contributed by atoms with E-state index in [1.54, 1.807) is 18.0 Å². The third-order valence-corrected chi connectivity index (χ3v) is 3.57. The summed E-state index contributed by atoms with van der Waals surface area (Å²) in [6.07, 6.45) is 1.35. The van der Waals surface area contributed by atoms with Crippen LogP contribution in [0.15, 0.2) is 12.3 Å². The van der Waals surface area contributed by atoms with E-state index in [1.165, 1.54) is 0 Å². The number of aromatic nitrogens is 2. The molecular formula is C11H20N2OS. The molecule has 0 saturated heterocycles. The predicted octanol–water partition coefficient (Wildman–Crippen LogP) is 2.33. The molecule has 0 saturated carbocycles. The molecule has 0 radical (unpaired) electrons. The highest BCUT2D eigenvalue weighted by atomic mass is 32.2. The maximum absolute atomic E-state index is 9.95. The summed E-state index contributed by atoms with van der Waals surface area (Å²) >= 11 is 1.80. The van der Waals surface area contributed by atoms with E-state index in [0.717, 1.165) is 23.7 Å². The molecule has 0 bridgehead atoms. The number of hydrogen-bond donors (Lipinski definition) is 1. The number of thioether (sulfide) groups is 1. The molecule has 1 aromatic rings. The second-order valence-corrected chi connectivity index (χ2v) is 5.09. The van der Waals surface area contributed by atoms with Gasteiger partial charge in [0.1, 0.15) is 6.10 Å². The minimum atomic E-state index is -0.392. The molecule has 0 aliphatic heterocycles. The van der Waals surface area contributed by atoms with Gasteiger partial charge < -0.3 is 5.11 Å². The number of aryl methyl sites for hydroxylation is 1. The van der Waals surface area contributed by atoms with Crippen LogP contribution in [0, 0.1) is 5.92 Å². The highest BCUT2D eigenvalue weighted by molar-refractivity contribution is 7.99. The minimum absolute atomic E-state index is 0.392. The van der Waals surface area contributed by atoms with Gasteiger partial charge in [-0.1, -0.05) is 13.8 Å². The van der Waals surface area contributed by atoms with Crippen LogP contribution in [0.5, 0.6) is 0 Å². The molecule has 0 spiro atoms. The van der Waals surface area contributed by atoms with Crippen molar-refractivity contribution in [2.24, 2.45) is 5.92 Å². The Hall–Kier alpha value is -0.480. The fourth-order valence-electron chi connectivity index (χ4n) is 1.39. The molecule has 0 aliphatic carbocycles. The van der Waals surface area contributed by atoms with Crippen molar-refractivity contribution in [3.05, 3.63) is 18.0 Å². The van der Waals surface area contributed by atoms with Gasteiger partial charge in [0, 0.05) is 18.5 Å². The Kier molecular flexibility index (Phi) is 5.19. The molecule has 1 unspecified atom stereocenters. The summed E-state index contributed by atoms with van der Waals surface area (Å²) in [5, 5.41) is 14.1. The molecular weight excluding hydrogens is 208 g/mol. The molecule has 86 valence electrons. The van der Waals surface area contributed by atoms with Gasteiger partial charge in [0.25, 0.3) is 0 Å². The van der Waals surface area contributed by atoms with Crippen LogP contribution in [0.4, 0.5) is 0 Å². The van der Waals surface area contributed by atoms with E-state index >= 15 is 0 Å². The number of aliphatic hydroxyl groups is 1. The van der Waals surface area contributed by atoms with E-state index in [4.69, 9.17) is 0 Å². The average Bonchev–Trinajstić information content (AvgIpc) is 2.64. The van der Waals surface area contributed by atoms with Gasteiger partial charge >= 0.3 is 0 Å². The lowest BCUT2D eigenvalue weighted by atomic mass is 10.3. The molecule has 0 amide bonds.